The van der Waals surface area contributed by atoms with E-state index >= 15 is 0 Å². The number of hydrazone groups is 1. The Morgan fingerprint density at radius 3 is 2.50 bits per heavy atom. The Bertz CT molecular complexity index is 1630. The highest BCUT2D eigenvalue weighted by Gasteiger charge is 2.36. The van der Waals surface area contributed by atoms with Crippen LogP contribution in [-0.2, 0) is 18.3 Å². The molecule has 5 aromatic rings. The van der Waals surface area contributed by atoms with Crippen molar-refractivity contribution in [3.63, 3.8) is 0 Å². The maximum Gasteiger partial charge on any atom is 0.0575 e. The number of anilines is 1. The number of para-hydroxylation sites is 2. The standard InChI is InChI=1S/C31H27N3/c1-31(2)26-11-5-6-13-29(26)34-28-17-16-23(19-25(28)24-10-7-12-27(31)30(24)34)33-32-22-15-14-20-8-3-4-9-21(20)18-22/h3-15,18,32H,16-17,19H2,1-2H3/b33-23+. The van der Waals surface area contributed by atoms with Crippen molar-refractivity contribution in [3.8, 4) is 5.69 Å². The normalized spacial score (nSPS) is 17.1. The topological polar surface area (TPSA) is 29.3 Å². The molecule has 0 saturated carbocycles. The molecule has 1 aromatic heterocycles. The zero-order chi connectivity index (χ0) is 22.9. The molecule has 166 valence electrons. The van der Waals surface area contributed by atoms with Gasteiger partial charge in [0.15, 0.2) is 0 Å². The molecule has 0 radical (unpaired) electrons. The number of nitrogens with zero attached hydrogens (tertiary/aromatic N) is 2. The molecule has 1 N–H and O–H groups in total. The molecule has 2 aliphatic rings. The van der Waals surface area contributed by atoms with E-state index in [9.17, 15) is 0 Å². The van der Waals surface area contributed by atoms with E-state index in [2.05, 4.69) is 109 Å². The lowest BCUT2D eigenvalue weighted by molar-refractivity contribution is 0.625. The van der Waals surface area contributed by atoms with Gasteiger partial charge < -0.3 is 4.57 Å². The van der Waals surface area contributed by atoms with Crippen LogP contribution in [0.15, 0.2) is 90.0 Å². The fraction of sp³-hybridized carbons (Fsp3) is 0.194. The first-order chi connectivity index (χ1) is 16.6. The third-order valence-corrected chi connectivity index (χ3v) is 7.82. The average molecular weight is 442 g/mol. The van der Waals surface area contributed by atoms with Crippen molar-refractivity contribution in [1.29, 1.82) is 0 Å². The van der Waals surface area contributed by atoms with Gasteiger partial charge in [0.05, 0.1) is 11.2 Å². The molecule has 1 aliphatic carbocycles. The van der Waals surface area contributed by atoms with Gasteiger partial charge in [0.1, 0.15) is 0 Å². The van der Waals surface area contributed by atoms with Crippen LogP contribution in [0, 0.1) is 0 Å². The first kappa shape index (κ1) is 19.6. The predicted molar refractivity (Wildman–Crippen MR) is 142 cm³/mol. The minimum Gasteiger partial charge on any atom is -0.313 e. The lowest BCUT2D eigenvalue weighted by Crippen LogP contribution is -2.27. The Balaban J connectivity index is 1.31. The fourth-order valence-electron chi connectivity index (χ4n) is 6.08. The number of hydrogen-bond donors (Lipinski definition) is 1. The van der Waals surface area contributed by atoms with Crippen LogP contribution in [-0.4, -0.2) is 10.3 Å². The van der Waals surface area contributed by atoms with Gasteiger partial charge in [-0.2, -0.15) is 5.10 Å². The molecule has 3 nitrogen and oxygen atoms in total. The molecule has 1 aliphatic heterocycles. The first-order valence-electron chi connectivity index (χ1n) is 12.2. The van der Waals surface area contributed by atoms with Crippen LogP contribution in [0.25, 0.3) is 27.4 Å². The van der Waals surface area contributed by atoms with Gasteiger partial charge in [-0.15, -0.1) is 0 Å². The van der Waals surface area contributed by atoms with E-state index in [1.165, 1.54) is 55.5 Å². The zero-order valence-electron chi connectivity index (χ0n) is 19.6. The molecule has 0 saturated heterocycles. The molecule has 0 atom stereocenters. The average Bonchev–Trinajstić information content (AvgIpc) is 3.20. The van der Waals surface area contributed by atoms with Crippen molar-refractivity contribution in [3.05, 3.63) is 107 Å². The van der Waals surface area contributed by atoms with Crippen molar-refractivity contribution in [2.45, 2.75) is 38.5 Å². The van der Waals surface area contributed by atoms with Gasteiger partial charge in [-0.3, -0.25) is 5.43 Å². The molecule has 3 heteroatoms. The van der Waals surface area contributed by atoms with Gasteiger partial charge in [0.2, 0.25) is 0 Å². The minimum atomic E-state index is -0.0123. The Hall–Kier alpha value is -3.85. The van der Waals surface area contributed by atoms with Crippen LogP contribution in [0.1, 0.15) is 42.7 Å². The lowest BCUT2D eigenvalue weighted by Gasteiger charge is -2.35. The molecule has 2 heterocycles. The van der Waals surface area contributed by atoms with Crippen LogP contribution in [0.4, 0.5) is 5.69 Å². The summed E-state index contributed by atoms with van der Waals surface area (Å²) in [6.07, 6.45) is 2.88. The quantitative estimate of drug-likeness (QED) is 0.285. The Morgan fingerprint density at radius 1 is 0.794 bits per heavy atom. The van der Waals surface area contributed by atoms with E-state index in [-0.39, 0.29) is 5.41 Å². The number of aromatic nitrogens is 1. The summed E-state index contributed by atoms with van der Waals surface area (Å²) in [6.45, 7) is 4.72. The van der Waals surface area contributed by atoms with Gasteiger partial charge in [-0.05, 0) is 58.5 Å². The van der Waals surface area contributed by atoms with Gasteiger partial charge in [-0.25, -0.2) is 0 Å². The Kier molecular flexibility index (Phi) is 4.08. The molecule has 34 heavy (non-hydrogen) atoms. The van der Waals surface area contributed by atoms with Crippen molar-refractivity contribution >= 4 is 33.1 Å². The van der Waals surface area contributed by atoms with Crippen LogP contribution >= 0.6 is 0 Å². The maximum atomic E-state index is 4.87. The van der Waals surface area contributed by atoms with E-state index in [1.54, 1.807) is 0 Å². The minimum absolute atomic E-state index is 0.0123. The Labute approximate surface area is 199 Å². The highest BCUT2D eigenvalue weighted by molar-refractivity contribution is 5.99. The van der Waals surface area contributed by atoms with Crippen LogP contribution in [0.2, 0.25) is 0 Å². The van der Waals surface area contributed by atoms with E-state index < -0.39 is 0 Å². The molecule has 0 bridgehead atoms. The van der Waals surface area contributed by atoms with Crippen LogP contribution in [0.5, 0.6) is 0 Å². The lowest BCUT2D eigenvalue weighted by atomic mass is 9.75. The van der Waals surface area contributed by atoms with Crippen molar-refractivity contribution in [1.82, 2.24) is 4.57 Å². The summed E-state index contributed by atoms with van der Waals surface area (Å²) >= 11 is 0. The molecule has 4 aromatic carbocycles. The monoisotopic (exact) mass is 441 g/mol. The van der Waals surface area contributed by atoms with Gasteiger partial charge in [0, 0.05) is 34.3 Å². The highest BCUT2D eigenvalue weighted by Crippen LogP contribution is 2.47. The summed E-state index contributed by atoms with van der Waals surface area (Å²) in [6, 6.07) is 30.7. The fourth-order valence-corrected chi connectivity index (χ4v) is 6.08. The molecule has 0 fully saturated rings. The second-order valence-electron chi connectivity index (χ2n) is 10.1. The smallest absolute Gasteiger partial charge is 0.0575 e. The molecular formula is C31H27N3. The van der Waals surface area contributed by atoms with Crippen molar-refractivity contribution in [2.75, 3.05) is 5.43 Å². The third-order valence-electron chi connectivity index (χ3n) is 7.82. The molecule has 7 rings (SSSR count). The molecular weight excluding hydrogens is 414 g/mol. The third kappa shape index (κ3) is 2.73. The summed E-state index contributed by atoms with van der Waals surface area (Å²) in [4.78, 5) is 0. The first-order valence-corrected chi connectivity index (χ1v) is 12.2. The number of nitrogens with one attached hydrogen (secondary N) is 1. The van der Waals surface area contributed by atoms with E-state index in [4.69, 9.17) is 5.10 Å². The second-order valence-corrected chi connectivity index (χ2v) is 10.1. The largest absolute Gasteiger partial charge is 0.313 e. The van der Waals surface area contributed by atoms with Crippen LogP contribution < -0.4 is 5.43 Å². The summed E-state index contributed by atoms with van der Waals surface area (Å²) in [5, 5.41) is 8.73. The molecule has 0 unspecified atom stereocenters. The van der Waals surface area contributed by atoms with E-state index in [1.807, 2.05) is 0 Å². The van der Waals surface area contributed by atoms with Gasteiger partial charge >= 0.3 is 0 Å². The number of hydrogen-bond acceptors (Lipinski definition) is 2. The van der Waals surface area contributed by atoms with Crippen LogP contribution in [0.3, 0.4) is 0 Å². The summed E-state index contributed by atoms with van der Waals surface area (Å²) in [5.41, 5.74) is 14.0. The number of fused-ring (bicyclic) bond motifs is 6. The molecule has 0 amide bonds. The van der Waals surface area contributed by atoms with E-state index in [0.29, 0.717) is 0 Å². The summed E-state index contributed by atoms with van der Waals surface area (Å²) < 4.78 is 2.55. The summed E-state index contributed by atoms with van der Waals surface area (Å²) in [5.74, 6) is 0. The SMILES string of the molecule is CC1(C)c2ccccc2-n2c3c(c4cccc1c42)C/C(=N/Nc1ccc2ccccc2c1)CC3. The molecule has 0 spiro atoms. The number of benzene rings is 4. The predicted octanol–water partition coefficient (Wildman–Crippen LogP) is 7.38. The van der Waals surface area contributed by atoms with Gasteiger partial charge in [0.25, 0.3) is 0 Å². The van der Waals surface area contributed by atoms with E-state index in [0.717, 1.165) is 24.9 Å². The van der Waals surface area contributed by atoms with Gasteiger partial charge in [-0.1, -0.05) is 80.6 Å². The van der Waals surface area contributed by atoms with Crippen molar-refractivity contribution < 1.29 is 0 Å². The maximum absolute atomic E-state index is 4.87. The number of rotatable bonds is 2. The Morgan fingerprint density at radius 2 is 1.59 bits per heavy atom. The zero-order valence-corrected chi connectivity index (χ0v) is 19.6. The summed E-state index contributed by atoms with van der Waals surface area (Å²) in [7, 11) is 0. The highest BCUT2D eigenvalue weighted by atomic mass is 15.3. The van der Waals surface area contributed by atoms with Crippen molar-refractivity contribution in [2.24, 2.45) is 5.10 Å². The second kappa shape index (κ2) is 7.07.